The highest BCUT2D eigenvalue weighted by Crippen LogP contribution is 2.21. The predicted molar refractivity (Wildman–Crippen MR) is 91.2 cm³/mol. The van der Waals surface area contributed by atoms with E-state index >= 15 is 0 Å². The molecule has 0 aliphatic carbocycles. The van der Waals surface area contributed by atoms with Crippen LogP contribution >= 0.6 is 0 Å². The van der Waals surface area contributed by atoms with Gasteiger partial charge in [-0.1, -0.05) is 63.9 Å². The normalized spacial score (nSPS) is 13.6. The molecule has 1 aromatic rings. The molecule has 0 saturated carbocycles. The number of unbranched alkanes of at least 4 members (excludes halogenated alkanes) is 1. The molecular weight excluding hydrogens is 292 g/mol. The number of hydrogen-bond acceptors (Lipinski definition) is 3. The van der Waals surface area contributed by atoms with Gasteiger partial charge in [-0.2, -0.15) is 0 Å². The van der Waals surface area contributed by atoms with Crippen molar-refractivity contribution in [1.82, 2.24) is 10.2 Å². The van der Waals surface area contributed by atoms with Crippen LogP contribution in [0.3, 0.4) is 0 Å². The van der Waals surface area contributed by atoms with Gasteiger partial charge in [-0.05, 0) is 25.1 Å². The van der Waals surface area contributed by atoms with Gasteiger partial charge in [0.05, 0.1) is 0 Å². The van der Waals surface area contributed by atoms with E-state index in [0.717, 1.165) is 31.5 Å². The fraction of sp³-hybridized carbons (Fsp3) is 0.556. The molecular formula is C18H28N2O3. The third-order valence-electron chi connectivity index (χ3n) is 4.00. The SMILES string of the molecule is CCCCC(NC(=O)C(c1ccccc1)N(CC)CC)C(=O)O. The Labute approximate surface area is 138 Å². The van der Waals surface area contributed by atoms with Crippen LogP contribution in [0.5, 0.6) is 0 Å². The first-order valence-corrected chi connectivity index (χ1v) is 8.37. The number of amides is 1. The molecule has 2 unspecified atom stereocenters. The molecule has 0 radical (unpaired) electrons. The van der Waals surface area contributed by atoms with E-state index in [1.807, 2.05) is 56.0 Å². The number of nitrogens with zero attached hydrogens (tertiary/aromatic N) is 1. The molecule has 23 heavy (non-hydrogen) atoms. The van der Waals surface area contributed by atoms with Crippen molar-refractivity contribution in [3.8, 4) is 0 Å². The van der Waals surface area contributed by atoms with Crippen molar-refractivity contribution in [2.24, 2.45) is 0 Å². The van der Waals surface area contributed by atoms with Gasteiger partial charge in [0.1, 0.15) is 12.1 Å². The summed E-state index contributed by atoms with van der Waals surface area (Å²) in [5, 5.41) is 12.0. The van der Waals surface area contributed by atoms with E-state index in [9.17, 15) is 14.7 Å². The maximum absolute atomic E-state index is 12.8. The first-order chi connectivity index (χ1) is 11.0. The van der Waals surface area contributed by atoms with E-state index in [-0.39, 0.29) is 5.91 Å². The van der Waals surface area contributed by atoms with Crippen LogP contribution in [-0.4, -0.2) is 41.0 Å². The van der Waals surface area contributed by atoms with Gasteiger partial charge in [0.25, 0.3) is 0 Å². The average molecular weight is 320 g/mol. The summed E-state index contributed by atoms with van der Waals surface area (Å²) in [5.74, 6) is -1.22. The molecule has 5 nitrogen and oxygen atoms in total. The molecule has 0 aliphatic rings. The number of carboxylic acids is 1. The summed E-state index contributed by atoms with van der Waals surface area (Å²) in [4.78, 5) is 26.2. The van der Waals surface area contributed by atoms with Crippen LogP contribution < -0.4 is 5.32 Å². The Morgan fingerprint density at radius 3 is 2.22 bits per heavy atom. The lowest BCUT2D eigenvalue weighted by Crippen LogP contribution is -2.47. The number of likely N-dealkylation sites (N-methyl/N-ethyl adjacent to an activating group) is 1. The highest BCUT2D eigenvalue weighted by atomic mass is 16.4. The number of nitrogens with one attached hydrogen (secondary N) is 1. The van der Waals surface area contributed by atoms with Gasteiger partial charge >= 0.3 is 5.97 Å². The first-order valence-electron chi connectivity index (χ1n) is 8.37. The van der Waals surface area contributed by atoms with Crippen molar-refractivity contribution in [2.75, 3.05) is 13.1 Å². The van der Waals surface area contributed by atoms with Crippen LogP contribution in [0.15, 0.2) is 30.3 Å². The van der Waals surface area contributed by atoms with Crippen molar-refractivity contribution < 1.29 is 14.7 Å². The first kappa shape index (κ1) is 19.2. The van der Waals surface area contributed by atoms with Gasteiger partial charge in [0.2, 0.25) is 5.91 Å². The third kappa shape index (κ3) is 5.67. The lowest BCUT2D eigenvalue weighted by Gasteiger charge is -2.30. The zero-order valence-electron chi connectivity index (χ0n) is 14.3. The second kappa shape index (κ2) is 10.0. The lowest BCUT2D eigenvalue weighted by molar-refractivity contribution is -0.143. The van der Waals surface area contributed by atoms with Gasteiger partial charge in [-0.25, -0.2) is 4.79 Å². The van der Waals surface area contributed by atoms with Crippen molar-refractivity contribution >= 4 is 11.9 Å². The Morgan fingerprint density at radius 1 is 1.13 bits per heavy atom. The smallest absolute Gasteiger partial charge is 0.326 e. The molecule has 0 heterocycles. The van der Waals surface area contributed by atoms with Gasteiger partial charge in [-0.15, -0.1) is 0 Å². The van der Waals surface area contributed by atoms with Gasteiger partial charge in [-0.3, -0.25) is 9.69 Å². The number of carbonyl (C=O) groups excluding carboxylic acids is 1. The fourth-order valence-corrected chi connectivity index (χ4v) is 2.67. The van der Waals surface area contributed by atoms with Crippen molar-refractivity contribution in [2.45, 2.75) is 52.1 Å². The van der Waals surface area contributed by atoms with Crippen molar-refractivity contribution in [3.63, 3.8) is 0 Å². The molecule has 2 atom stereocenters. The van der Waals surface area contributed by atoms with E-state index in [4.69, 9.17) is 0 Å². The van der Waals surface area contributed by atoms with Crippen LogP contribution in [0.4, 0.5) is 0 Å². The fourth-order valence-electron chi connectivity index (χ4n) is 2.67. The summed E-state index contributed by atoms with van der Waals surface area (Å²) in [6.07, 6.45) is 2.13. The van der Waals surface area contributed by atoms with Gasteiger partial charge in [0.15, 0.2) is 0 Å². The van der Waals surface area contributed by atoms with E-state index in [1.165, 1.54) is 0 Å². The van der Waals surface area contributed by atoms with Crippen molar-refractivity contribution in [1.29, 1.82) is 0 Å². The monoisotopic (exact) mass is 320 g/mol. The minimum Gasteiger partial charge on any atom is -0.480 e. The minimum atomic E-state index is -0.974. The summed E-state index contributed by atoms with van der Waals surface area (Å²) in [7, 11) is 0. The molecule has 0 aromatic heterocycles. The summed E-state index contributed by atoms with van der Waals surface area (Å²) >= 11 is 0. The summed E-state index contributed by atoms with van der Waals surface area (Å²) in [6.45, 7) is 7.44. The summed E-state index contributed by atoms with van der Waals surface area (Å²) in [5.41, 5.74) is 0.883. The number of aliphatic carboxylic acids is 1. The minimum absolute atomic E-state index is 0.247. The molecule has 0 fully saturated rings. The highest BCUT2D eigenvalue weighted by Gasteiger charge is 2.29. The molecule has 0 aliphatic heterocycles. The van der Waals surface area contributed by atoms with Crippen molar-refractivity contribution in [3.05, 3.63) is 35.9 Å². The maximum atomic E-state index is 12.8. The van der Waals surface area contributed by atoms with E-state index in [0.29, 0.717) is 6.42 Å². The Kier molecular flexibility index (Phi) is 8.33. The highest BCUT2D eigenvalue weighted by molar-refractivity contribution is 5.87. The predicted octanol–water partition coefficient (Wildman–Crippen LogP) is 2.83. The zero-order chi connectivity index (χ0) is 17.2. The van der Waals surface area contributed by atoms with Gasteiger partial charge in [0, 0.05) is 0 Å². The third-order valence-corrected chi connectivity index (χ3v) is 4.00. The Balaban J connectivity index is 2.97. The molecule has 2 N–H and O–H groups in total. The summed E-state index contributed by atoms with van der Waals surface area (Å²) in [6, 6.07) is 8.21. The largest absolute Gasteiger partial charge is 0.480 e. The number of rotatable bonds is 10. The second-order valence-electron chi connectivity index (χ2n) is 5.58. The van der Waals surface area contributed by atoms with Crippen LogP contribution in [0.25, 0.3) is 0 Å². The molecule has 128 valence electrons. The molecule has 0 saturated heterocycles. The number of hydrogen-bond donors (Lipinski definition) is 2. The number of carbonyl (C=O) groups is 2. The van der Waals surface area contributed by atoms with E-state index in [1.54, 1.807) is 0 Å². The zero-order valence-corrected chi connectivity index (χ0v) is 14.3. The van der Waals surface area contributed by atoms with Crippen LogP contribution in [0.1, 0.15) is 51.6 Å². The second-order valence-corrected chi connectivity index (χ2v) is 5.58. The maximum Gasteiger partial charge on any atom is 0.326 e. The Bertz CT molecular complexity index is 486. The lowest BCUT2D eigenvalue weighted by atomic mass is 10.0. The molecule has 0 bridgehead atoms. The number of carboxylic acid groups (broad SMARTS) is 1. The average Bonchev–Trinajstić information content (AvgIpc) is 2.56. The summed E-state index contributed by atoms with van der Waals surface area (Å²) < 4.78 is 0. The molecule has 5 heteroatoms. The van der Waals surface area contributed by atoms with E-state index in [2.05, 4.69) is 5.32 Å². The Hall–Kier alpha value is -1.88. The molecule has 1 amide bonds. The number of benzene rings is 1. The topological polar surface area (TPSA) is 69.6 Å². The van der Waals surface area contributed by atoms with Crippen LogP contribution in [0.2, 0.25) is 0 Å². The van der Waals surface area contributed by atoms with Crippen LogP contribution in [-0.2, 0) is 9.59 Å². The molecule has 1 rings (SSSR count). The quantitative estimate of drug-likeness (QED) is 0.695. The van der Waals surface area contributed by atoms with Gasteiger partial charge < -0.3 is 10.4 Å². The molecule has 1 aromatic carbocycles. The van der Waals surface area contributed by atoms with Crippen LogP contribution in [0, 0.1) is 0 Å². The standard InChI is InChI=1S/C18H28N2O3/c1-4-7-13-15(18(22)23)19-17(21)16(20(5-2)6-3)14-11-9-8-10-12-14/h8-12,15-16H,4-7,13H2,1-3H3,(H,19,21)(H,22,23). The molecule has 0 spiro atoms. The Morgan fingerprint density at radius 2 is 1.74 bits per heavy atom. The van der Waals surface area contributed by atoms with E-state index < -0.39 is 18.1 Å².